The average molecular weight is 168 g/mol. The fraction of sp³-hybridized carbons (Fsp3) is 0.667. The average Bonchev–Trinajstić information content (AvgIpc) is 1.58. The van der Waals surface area contributed by atoms with Crippen LogP contribution in [-0.2, 0) is 14.3 Å². The summed E-state index contributed by atoms with van der Waals surface area (Å²) in [6.45, 7) is 3.29. The van der Waals surface area contributed by atoms with E-state index in [2.05, 4.69) is 4.74 Å². The molecule has 0 aromatic heterocycles. The number of carbonyl (C=O) groups excluding carboxylic acids is 2. The van der Waals surface area contributed by atoms with E-state index in [0.717, 1.165) is 0 Å². The van der Waals surface area contributed by atoms with Crippen LogP contribution in [-0.4, -0.2) is 18.0 Å². The Morgan fingerprint density at radius 1 is 1.45 bits per heavy atom. The number of hydrogen-bond acceptors (Lipinski definition) is 4. The van der Waals surface area contributed by atoms with Gasteiger partial charge in [-0.1, -0.05) is 0 Å². The SMILES string of the molecule is CC(C)OC(=O)CC(=O)[O-].[Na+]. The van der Waals surface area contributed by atoms with Crippen LogP contribution in [0.5, 0.6) is 0 Å². The molecule has 0 aliphatic heterocycles. The van der Waals surface area contributed by atoms with Gasteiger partial charge in [0.1, 0.15) is 0 Å². The van der Waals surface area contributed by atoms with E-state index in [9.17, 15) is 14.7 Å². The Morgan fingerprint density at radius 3 is 2.18 bits per heavy atom. The first kappa shape index (κ1) is 13.5. The number of carboxylic acids is 1. The summed E-state index contributed by atoms with van der Waals surface area (Å²) in [5, 5.41) is 9.78. The molecule has 0 saturated carbocycles. The third-order valence-corrected chi connectivity index (χ3v) is 0.656. The van der Waals surface area contributed by atoms with Gasteiger partial charge in [-0.05, 0) is 13.8 Å². The molecule has 0 atom stereocenters. The van der Waals surface area contributed by atoms with Crippen molar-refractivity contribution in [3.63, 3.8) is 0 Å². The number of carbonyl (C=O) groups is 2. The van der Waals surface area contributed by atoms with Crippen molar-refractivity contribution in [2.45, 2.75) is 26.4 Å². The summed E-state index contributed by atoms with van der Waals surface area (Å²) in [5.74, 6) is -2.17. The van der Waals surface area contributed by atoms with Crippen molar-refractivity contribution in [2.24, 2.45) is 0 Å². The number of hydrogen-bond donors (Lipinski definition) is 0. The summed E-state index contributed by atoms with van der Waals surface area (Å²) in [7, 11) is 0. The van der Waals surface area contributed by atoms with Crippen molar-refractivity contribution >= 4 is 11.9 Å². The molecule has 0 rings (SSSR count). The Morgan fingerprint density at radius 2 is 1.91 bits per heavy atom. The maximum absolute atomic E-state index is 10.4. The molecule has 0 N–H and O–H groups in total. The molecule has 0 aromatic rings. The van der Waals surface area contributed by atoms with Crippen molar-refractivity contribution in [3.8, 4) is 0 Å². The largest absolute Gasteiger partial charge is 1.00 e. The molecule has 0 saturated heterocycles. The van der Waals surface area contributed by atoms with Crippen LogP contribution in [0.25, 0.3) is 0 Å². The first-order valence-electron chi connectivity index (χ1n) is 2.91. The van der Waals surface area contributed by atoms with Gasteiger partial charge in [-0.15, -0.1) is 0 Å². The summed E-state index contributed by atoms with van der Waals surface area (Å²) in [5.41, 5.74) is 0. The smallest absolute Gasteiger partial charge is 0.550 e. The zero-order chi connectivity index (χ0) is 8.15. The predicted molar refractivity (Wildman–Crippen MR) is 30.9 cm³/mol. The predicted octanol–water partition coefficient (Wildman–Crippen LogP) is -3.92. The maximum Gasteiger partial charge on any atom is 1.00 e. The number of ether oxygens (including phenoxy) is 1. The van der Waals surface area contributed by atoms with E-state index in [-0.39, 0.29) is 35.7 Å². The van der Waals surface area contributed by atoms with Crippen molar-refractivity contribution in [1.29, 1.82) is 0 Å². The first-order valence-corrected chi connectivity index (χ1v) is 2.91. The van der Waals surface area contributed by atoms with Gasteiger partial charge < -0.3 is 14.6 Å². The molecule has 0 bridgehead atoms. The minimum Gasteiger partial charge on any atom is -0.550 e. The van der Waals surface area contributed by atoms with Crippen LogP contribution < -0.4 is 34.7 Å². The van der Waals surface area contributed by atoms with Gasteiger partial charge in [-0.3, -0.25) is 4.79 Å². The van der Waals surface area contributed by atoms with E-state index in [1.54, 1.807) is 13.8 Å². The summed E-state index contributed by atoms with van der Waals surface area (Å²) in [6.07, 6.45) is -0.940. The molecule has 0 radical (unpaired) electrons. The van der Waals surface area contributed by atoms with E-state index in [0.29, 0.717) is 0 Å². The standard InChI is InChI=1S/C6H10O4.Na/c1-4(2)10-6(9)3-5(7)8;/h4H,3H2,1-2H3,(H,7,8);/q;+1/p-1. The van der Waals surface area contributed by atoms with Crippen molar-refractivity contribution in [3.05, 3.63) is 0 Å². The minimum atomic E-state index is -1.41. The van der Waals surface area contributed by atoms with E-state index in [4.69, 9.17) is 0 Å². The zero-order valence-corrected chi connectivity index (χ0v) is 8.92. The molecule has 4 nitrogen and oxygen atoms in total. The molecule has 0 aliphatic carbocycles. The Bertz CT molecular complexity index is 144. The van der Waals surface area contributed by atoms with Gasteiger partial charge in [0, 0.05) is 0 Å². The summed E-state index contributed by atoms with van der Waals surface area (Å²) in [4.78, 5) is 20.2. The second kappa shape index (κ2) is 6.64. The molecule has 5 heteroatoms. The van der Waals surface area contributed by atoms with Gasteiger partial charge in [-0.25, -0.2) is 0 Å². The van der Waals surface area contributed by atoms with Gasteiger partial charge in [0.2, 0.25) is 0 Å². The Balaban J connectivity index is 0. The van der Waals surface area contributed by atoms with Gasteiger partial charge in [-0.2, -0.15) is 0 Å². The molecule has 0 fully saturated rings. The second-order valence-electron chi connectivity index (χ2n) is 2.09. The van der Waals surface area contributed by atoms with Crippen molar-refractivity contribution < 1.29 is 49.0 Å². The third kappa shape index (κ3) is 9.94. The van der Waals surface area contributed by atoms with Crippen molar-refractivity contribution in [1.82, 2.24) is 0 Å². The molecular weight excluding hydrogens is 159 g/mol. The zero-order valence-electron chi connectivity index (χ0n) is 6.92. The molecule has 0 heterocycles. The first-order chi connectivity index (χ1) is 4.52. The van der Waals surface area contributed by atoms with E-state index in [1.807, 2.05) is 0 Å². The molecule has 0 aliphatic rings. The monoisotopic (exact) mass is 168 g/mol. The maximum atomic E-state index is 10.4. The quantitative estimate of drug-likeness (QED) is 0.245. The molecular formula is C6H9NaO4. The van der Waals surface area contributed by atoms with Gasteiger partial charge in [0.25, 0.3) is 0 Å². The van der Waals surface area contributed by atoms with Crippen LogP contribution in [0.3, 0.4) is 0 Å². The van der Waals surface area contributed by atoms with Crippen LogP contribution in [0.4, 0.5) is 0 Å². The van der Waals surface area contributed by atoms with E-state index < -0.39 is 18.4 Å². The van der Waals surface area contributed by atoms with Crippen LogP contribution >= 0.6 is 0 Å². The fourth-order valence-corrected chi connectivity index (χ4v) is 0.422. The normalized spacial score (nSPS) is 8.64. The minimum absolute atomic E-state index is 0. The van der Waals surface area contributed by atoms with Gasteiger partial charge in [0.15, 0.2) is 0 Å². The molecule has 0 spiro atoms. The fourth-order valence-electron chi connectivity index (χ4n) is 0.422. The van der Waals surface area contributed by atoms with Crippen LogP contribution in [0, 0.1) is 0 Å². The molecule has 58 valence electrons. The van der Waals surface area contributed by atoms with Crippen LogP contribution in [0.1, 0.15) is 20.3 Å². The summed E-state index contributed by atoms with van der Waals surface area (Å²) in [6, 6.07) is 0. The number of carboxylic acid groups (broad SMARTS) is 1. The van der Waals surface area contributed by atoms with Gasteiger partial charge >= 0.3 is 35.5 Å². The summed E-state index contributed by atoms with van der Waals surface area (Å²) >= 11 is 0. The number of esters is 1. The van der Waals surface area contributed by atoms with Crippen LogP contribution in [0.15, 0.2) is 0 Å². The Labute approximate surface area is 87.2 Å². The second-order valence-corrected chi connectivity index (χ2v) is 2.09. The molecule has 0 unspecified atom stereocenters. The topological polar surface area (TPSA) is 66.4 Å². The number of rotatable bonds is 3. The third-order valence-electron chi connectivity index (χ3n) is 0.656. The Kier molecular flexibility index (Phi) is 8.16. The molecule has 11 heavy (non-hydrogen) atoms. The van der Waals surface area contributed by atoms with E-state index in [1.165, 1.54) is 0 Å². The summed E-state index contributed by atoms with van der Waals surface area (Å²) < 4.78 is 4.50. The molecule has 0 amide bonds. The van der Waals surface area contributed by atoms with Gasteiger partial charge in [0.05, 0.1) is 18.5 Å². The van der Waals surface area contributed by atoms with E-state index >= 15 is 0 Å². The van der Waals surface area contributed by atoms with Crippen LogP contribution in [0.2, 0.25) is 0 Å². The van der Waals surface area contributed by atoms with Crippen molar-refractivity contribution in [2.75, 3.05) is 0 Å². The Hall–Kier alpha value is -0.0600. The number of aliphatic carboxylic acids is 1. The molecule has 0 aromatic carbocycles.